The van der Waals surface area contributed by atoms with Gasteiger partial charge in [0, 0.05) is 25.3 Å². The van der Waals surface area contributed by atoms with Gasteiger partial charge in [0.2, 0.25) is 5.95 Å². The summed E-state index contributed by atoms with van der Waals surface area (Å²) in [6.45, 7) is 4.98. The average Bonchev–Trinajstić information content (AvgIpc) is 2.41. The summed E-state index contributed by atoms with van der Waals surface area (Å²) in [5.41, 5.74) is 8.09. The van der Waals surface area contributed by atoms with Crippen molar-refractivity contribution in [1.82, 2.24) is 9.97 Å². The van der Waals surface area contributed by atoms with Gasteiger partial charge in [0.05, 0.1) is 0 Å². The molecule has 3 N–H and O–H groups in total. The van der Waals surface area contributed by atoms with Crippen molar-refractivity contribution in [1.29, 1.82) is 0 Å². The zero-order chi connectivity index (χ0) is 13.8. The molecule has 0 atom stereocenters. The molecule has 5 nitrogen and oxygen atoms in total. The molecule has 1 aromatic heterocycles. The second-order valence-electron chi connectivity index (χ2n) is 4.25. The fourth-order valence-electron chi connectivity index (χ4n) is 2.04. The van der Waals surface area contributed by atoms with Gasteiger partial charge in [0.25, 0.3) is 0 Å². The van der Waals surface area contributed by atoms with Gasteiger partial charge < -0.3 is 16.0 Å². The predicted molar refractivity (Wildman–Crippen MR) is 79.9 cm³/mol. The highest BCUT2D eigenvalue weighted by Gasteiger charge is 2.12. The van der Waals surface area contributed by atoms with Gasteiger partial charge in [-0.25, -0.2) is 0 Å². The number of nitrogen functional groups attached to an aromatic ring is 1. The minimum absolute atomic E-state index is 0.272. The summed E-state index contributed by atoms with van der Waals surface area (Å²) in [5.74, 6) is 1.79. The van der Waals surface area contributed by atoms with Crippen molar-refractivity contribution in [2.45, 2.75) is 13.8 Å². The number of aryl methyl sites for hydroxylation is 1. The van der Waals surface area contributed by atoms with Gasteiger partial charge in [0.15, 0.2) is 0 Å². The van der Waals surface area contributed by atoms with E-state index in [0.29, 0.717) is 0 Å². The molecular weight excluding hydrogens is 238 g/mol. The van der Waals surface area contributed by atoms with E-state index < -0.39 is 0 Å². The maximum Gasteiger partial charge on any atom is 0.223 e. The highest BCUT2D eigenvalue weighted by Crippen LogP contribution is 2.28. The molecule has 0 unspecified atom stereocenters. The van der Waals surface area contributed by atoms with Crippen LogP contribution in [0, 0.1) is 6.92 Å². The number of hydrogen-bond acceptors (Lipinski definition) is 5. The van der Waals surface area contributed by atoms with E-state index >= 15 is 0 Å². The van der Waals surface area contributed by atoms with E-state index in [1.165, 1.54) is 5.56 Å². The molecule has 5 heteroatoms. The van der Waals surface area contributed by atoms with Crippen LogP contribution in [-0.2, 0) is 0 Å². The highest BCUT2D eigenvalue weighted by atomic mass is 15.2. The average molecular weight is 257 g/mol. The van der Waals surface area contributed by atoms with Crippen LogP contribution in [0.2, 0.25) is 0 Å². The number of hydrogen-bond donors (Lipinski definition) is 2. The predicted octanol–water partition coefficient (Wildman–Crippen LogP) is 2.57. The number of rotatable bonds is 4. The van der Waals surface area contributed by atoms with Crippen molar-refractivity contribution in [2.75, 3.05) is 29.5 Å². The molecule has 0 radical (unpaired) electrons. The van der Waals surface area contributed by atoms with Crippen molar-refractivity contribution >= 4 is 23.3 Å². The number of nitrogens with one attached hydrogen (secondary N) is 1. The van der Waals surface area contributed by atoms with Crippen LogP contribution in [-0.4, -0.2) is 23.6 Å². The summed E-state index contributed by atoms with van der Waals surface area (Å²) in [4.78, 5) is 10.6. The third-order valence-electron chi connectivity index (χ3n) is 2.99. The van der Waals surface area contributed by atoms with Crippen molar-refractivity contribution in [3.05, 3.63) is 35.9 Å². The number of nitrogens with two attached hydrogens (primary N) is 1. The van der Waals surface area contributed by atoms with Crippen LogP contribution >= 0.6 is 0 Å². The molecule has 0 fully saturated rings. The standard InChI is InChI=1S/C14H19N5/c1-4-19(11-8-6-5-7-10(11)2)13-9-12(16-3)17-14(15)18-13/h5-9H,4H2,1-3H3,(H3,15,16,17,18). The van der Waals surface area contributed by atoms with Gasteiger partial charge in [-0.3, -0.25) is 0 Å². The molecule has 0 bridgehead atoms. The van der Waals surface area contributed by atoms with Crippen LogP contribution in [0.3, 0.4) is 0 Å². The Hall–Kier alpha value is -2.30. The number of aromatic nitrogens is 2. The first-order chi connectivity index (χ1) is 9.15. The lowest BCUT2D eigenvalue weighted by atomic mass is 10.2. The molecule has 0 saturated heterocycles. The first kappa shape index (κ1) is 13.1. The lowest BCUT2D eigenvalue weighted by Gasteiger charge is -2.24. The van der Waals surface area contributed by atoms with E-state index in [2.05, 4.69) is 46.2 Å². The molecule has 100 valence electrons. The number of benzene rings is 1. The fraction of sp³-hybridized carbons (Fsp3) is 0.286. The zero-order valence-electron chi connectivity index (χ0n) is 11.5. The minimum Gasteiger partial charge on any atom is -0.373 e. The van der Waals surface area contributed by atoms with Crippen LogP contribution in [0.4, 0.5) is 23.3 Å². The van der Waals surface area contributed by atoms with E-state index in [1.54, 1.807) is 0 Å². The van der Waals surface area contributed by atoms with Gasteiger partial charge in [0.1, 0.15) is 11.6 Å². The monoisotopic (exact) mass is 257 g/mol. The van der Waals surface area contributed by atoms with Gasteiger partial charge in [-0.15, -0.1) is 0 Å². The summed E-state index contributed by atoms with van der Waals surface area (Å²) >= 11 is 0. The Morgan fingerprint density at radius 2 is 2.00 bits per heavy atom. The number of para-hydroxylation sites is 1. The van der Waals surface area contributed by atoms with E-state index in [0.717, 1.165) is 23.9 Å². The third-order valence-corrected chi connectivity index (χ3v) is 2.99. The Kier molecular flexibility index (Phi) is 3.85. The van der Waals surface area contributed by atoms with E-state index in [-0.39, 0.29) is 5.95 Å². The Bertz CT molecular complexity index is 568. The van der Waals surface area contributed by atoms with Gasteiger partial charge >= 0.3 is 0 Å². The van der Waals surface area contributed by atoms with E-state index in [9.17, 15) is 0 Å². The smallest absolute Gasteiger partial charge is 0.223 e. The lowest BCUT2D eigenvalue weighted by Crippen LogP contribution is -2.19. The minimum atomic E-state index is 0.272. The molecule has 2 aromatic rings. The van der Waals surface area contributed by atoms with Gasteiger partial charge in [-0.2, -0.15) is 9.97 Å². The van der Waals surface area contributed by atoms with E-state index in [1.807, 2.05) is 25.2 Å². The Morgan fingerprint density at radius 1 is 1.26 bits per heavy atom. The summed E-state index contributed by atoms with van der Waals surface area (Å²) < 4.78 is 0. The molecule has 0 spiro atoms. The van der Waals surface area contributed by atoms with Crippen LogP contribution in [0.5, 0.6) is 0 Å². The van der Waals surface area contributed by atoms with Crippen LogP contribution in [0.1, 0.15) is 12.5 Å². The number of nitrogens with zero attached hydrogens (tertiary/aromatic N) is 3. The Morgan fingerprint density at radius 3 is 2.63 bits per heavy atom. The molecule has 2 rings (SSSR count). The van der Waals surface area contributed by atoms with Crippen molar-refractivity contribution in [3.63, 3.8) is 0 Å². The van der Waals surface area contributed by atoms with Crippen LogP contribution < -0.4 is 16.0 Å². The molecular formula is C14H19N5. The summed E-state index contributed by atoms with van der Waals surface area (Å²) in [7, 11) is 1.82. The van der Waals surface area contributed by atoms with Crippen LogP contribution in [0.15, 0.2) is 30.3 Å². The maximum absolute atomic E-state index is 5.75. The first-order valence-corrected chi connectivity index (χ1v) is 6.31. The van der Waals surface area contributed by atoms with Crippen molar-refractivity contribution in [2.24, 2.45) is 0 Å². The molecule has 0 aliphatic heterocycles. The Labute approximate surface area is 113 Å². The topological polar surface area (TPSA) is 67.1 Å². The second kappa shape index (κ2) is 5.56. The van der Waals surface area contributed by atoms with Gasteiger partial charge in [-0.1, -0.05) is 18.2 Å². The first-order valence-electron chi connectivity index (χ1n) is 6.31. The normalized spacial score (nSPS) is 10.3. The van der Waals surface area contributed by atoms with Crippen LogP contribution in [0.25, 0.3) is 0 Å². The molecule has 0 amide bonds. The van der Waals surface area contributed by atoms with E-state index in [4.69, 9.17) is 5.73 Å². The van der Waals surface area contributed by atoms with Crippen molar-refractivity contribution in [3.8, 4) is 0 Å². The third kappa shape index (κ3) is 2.76. The molecule has 0 aliphatic carbocycles. The summed E-state index contributed by atoms with van der Waals surface area (Å²) in [5, 5.41) is 3.00. The fourth-order valence-corrected chi connectivity index (χ4v) is 2.04. The van der Waals surface area contributed by atoms with Crippen molar-refractivity contribution < 1.29 is 0 Å². The quantitative estimate of drug-likeness (QED) is 0.881. The molecule has 1 heterocycles. The zero-order valence-corrected chi connectivity index (χ0v) is 11.5. The maximum atomic E-state index is 5.75. The largest absolute Gasteiger partial charge is 0.373 e. The molecule has 19 heavy (non-hydrogen) atoms. The molecule has 1 aromatic carbocycles. The molecule has 0 aliphatic rings. The second-order valence-corrected chi connectivity index (χ2v) is 4.25. The molecule has 0 saturated carbocycles. The SMILES string of the molecule is CCN(c1cc(NC)nc(N)n1)c1ccccc1C. The van der Waals surface area contributed by atoms with Gasteiger partial charge in [-0.05, 0) is 25.5 Å². The Balaban J connectivity index is 2.48. The number of anilines is 4. The summed E-state index contributed by atoms with van der Waals surface area (Å²) in [6, 6.07) is 10.1. The lowest BCUT2D eigenvalue weighted by molar-refractivity contribution is 0.975. The summed E-state index contributed by atoms with van der Waals surface area (Å²) in [6.07, 6.45) is 0. The highest BCUT2D eigenvalue weighted by molar-refractivity contribution is 5.66.